The molecule has 3 rings (SSSR count). The van der Waals surface area contributed by atoms with Gasteiger partial charge in [0.2, 0.25) is 0 Å². The monoisotopic (exact) mass is 299 g/mol. The first-order valence-electron chi connectivity index (χ1n) is 7.15. The second kappa shape index (κ2) is 6.95. The van der Waals surface area contributed by atoms with Crippen LogP contribution in [0.25, 0.3) is 0 Å². The van der Waals surface area contributed by atoms with Gasteiger partial charge < -0.3 is 15.0 Å². The molecule has 0 unspecified atom stereocenters. The number of rotatable bonds is 4. The fourth-order valence-electron chi connectivity index (χ4n) is 2.17. The molecule has 1 amide bonds. The van der Waals surface area contributed by atoms with Crippen molar-refractivity contribution in [1.82, 2.24) is 20.3 Å². The molecule has 0 radical (unpaired) electrons. The maximum absolute atomic E-state index is 12.0. The standard InChI is InChI=1S/C15H17N5O2/c21-15(19-9-12-2-1-3-16-8-12)13-10-18-14(11-17-13)20-4-6-22-7-5-20/h1-3,8,10-11H,4-7,9H2,(H,19,21). The van der Waals surface area contributed by atoms with Gasteiger partial charge in [-0.1, -0.05) is 6.07 Å². The number of ether oxygens (including phenoxy) is 1. The number of nitrogens with one attached hydrogen (secondary N) is 1. The Kier molecular flexibility index (Phi) is 4.55. The lowest BCUT2D eigenvalue weighted by Crippen LogP contribution is -2.37. The predicted molar refractivity (Wildman–Crippen MR) is 80.5 cm³/mol. The molecule has 7 nitrogen and oxygen atoms in total. The molecular formula is C15H17N5O2. The number of pyridine rings is 1. The Morgan fingerprint density at radius 3 is 2.77 bits per heavy atom. The SMILES string of the molecule is O=C(NCc1cccnc1)c1cnc(N2CCOCC2)cn1. The Morgan fingerprint density at radius 1 is 1.23 bits per heavy atom. The van der Waals surface area contributed by atoms with Crippen LogP contribution in [0.15, 0.2) is 36.9 Å². The summed E-state index contributed by atoms with van der Waals surface area (Å²) in [5.41, 5.74) is 1.25. The second-order valence-electron chi connectivity index (χ2n) is 4.90. The lowest BCUT2D eigenvalue weighted by Gasteiger charge is -2.27. The summed E-state index contributed by atoms with van der Waals surface area (Å²) in [7, 11) is 0. The minimum atomic E-state index is -0.245. The molecule has 0 atom stereocenters. The summed E-state index contributed by atoms with van der Waals surface area (Å²) in [5.74, 6) is 0.525. The van der Waals surface area contributed by atoms with E-state index in [2.05, 4.69) is 25.2 Å². The van der Waals surface area contributed by atoms with Crippen LogP contribution in [0.3, 0.4) is 0 Å². The first-order chi connectivity index (χ1) is 10.8. The number of carbonyl (C=O) groups excluding carboxylic acids is 1. The van der Waals surface area contributed by atoms with E-state index in [9.17, 15) is 4.79 Å². The summed E-state index contributed by atoms with van der Waals surface area (Å²) >= 11 is 0. The maximum Gasteiger partial charge on any atom is 0.271 e. The zero-order valence-corrected chi connectivity index (χ0v) is 12.1. The summed E-state index contributed by atoms with van der Waals surface area (Å²) < 4.78 is 5.30. The third-order valence-corrected chi connectivity index (χ3v) is 3.38. The molecule has 7 heteroatoms. The van der Waals surface area contributed by atoms with Crippen LogP contribution >= 0.6 is 0 Å². The van der Waals surface area contributed by atoms with E-state index >= 15 is 0 Å². The molecule has 2 aromatic rings. The Hall–Kier alpha value is -2.54. The molecule has 0 bridgehead atoms. The summed E-state index contributed by atoms with van der Waals surface area (Å²) in [6.45, 7) is 3.38. The van der Waals surface area contributed by atoms with Crippen LogP contribution in [0, 0.1) is 0 Å². The van der Waals surface area contributed by atoms with E-state index < -0.39 is 0 Å². The van der Waals surface area contributed by atoms with Gasteiger partial charge in [-0.15, -0.1) is 0 Å². The molecule has 0 spiro atoms. The van der Waals surface area contributed by atoms with Crippen molar-refractivity contribution >= 4 is 11.7 Å². The van der Waals surface area contributed by atoms with Crippen LogP contribution in [0.5, 0.6) is 0 Å². The fraction of sp³-hybridized carbons (Fsp3) is 0.333. The number of carbonyl (C=O) groups is 1. The molecule has 1 aliphatic heterocycles. The van der Waals surface area contributed by atoms with Gasteiger partial charge in [-0.25, -0.2) is 9.97 Å². The Balaban J connectivity index is 1.58. The van der Waals surface area contributed by atoms with Crippen molar-refractivity contribution < 1.29 is 9.53 Å². The summed E-state index contributed by atoms with van der Waals surface area (Å²) in [6, 6.07) is 3.74. The van der Waals surface area contributed by atoms with E-state index in [1.807, 2.05) is 12.1 Å². The molecule has 2 aromatic heterocycles. The normalized spacial score (nSPS) is 14.6. The van der Waals surface area contributed by atoms with Gasteiger partial charge in [-0.3, -0.25) is 9.78 Å². The van der Waals surface area contributed by atoms with E-state index in [1.165, 1.54) is 6.20 Å². The van der Waals surface area contributed by atoms with Crippen molar-refractivity contribution in [2.45, 2.75) is 6.54 Å². The van der Waals surface area contributed by atoms with Crippen LogP contribution in [0.2, 0.25) is 0 Å². The fourth-order valence-corrected chi connectivity index (χ4v) is 2.17. The van der Waals surface area contributed by atoms with Gasteiger partial charge >= 0.3 is 0 Å². The Bertz CT molecular complexity index is 612. The molecule has 3 heterocycles. The smallest absolute Gasteiger partial charge is 0.271 e. The summed E-state index contributed by atoms with van der Waals surface area (Å²) in [4.78, 5) is 26.6. The van der Waals surface area contributed by atoms with Gasteiger partial charge in [-0.2, -0.15) is 0 Å². The molecule has 1 N–H and O–H groups in total. The molecule has 0 saturated carbocycles. The molecule has 0 aromatic carbocycles. The van der Waals surface area contributed by atoms with Gasteiger partial charge in [0.05, 0.1) is 25.6 Å². The van der Waals surface area contributed by atoms with Crippen LogP contribution < -0.4 is 10.2 Å². The van der Waals surface area contributed by atoms with Crippen LogP contribution in [0.4, 0.5) is 5.82 Å². The Morgan fingerprint density at radius 2 is 2.09 bits per heavy atom. The van der Waals surface area contributed by atoms with E-state index in [0.29, 0.717) is 25.5 Å². The minimum Gasteiger partial charge on any atom is -0.378 e. The van der Waals surface area contributed by atoms with Gasteiger partial charge in [-0.05, 0) is 11.6 Å². The van der Waals surface area contributed by atoms with Crippen molar-refractivity contribution in [3.05, 3.63) is 48.2 Å². The number of amides is 1. The lowest BCUT2D eigenvalue weighted by atomic mass is 10.3. The topological polar surface area (TPSA) is 80.2 Å². The number of morpholine rings is 1. The average molecular weight is 299 g/mol. The van der Waals surface area contributed by atoms with Crippen molar-refractivity contribution in [1.29, 1.82) is 0 Å². The first-order valence-corrected chi connectivity index (χ1v) is 7.15. The molecule has 0 aliphatic carbocycles. The van der Waals surface area contributed by atoms with E-state index in [1.54, 1.807) is 18.6 Å². The second-order valence-corrected chi connectivity index (χ2v) is 4.90. The molecule has 1 aliphatic rings. The highest BCUT2D eigenvalue weighted by Gasteiger charge is 2.14. The van der Waals surface area contributed by atoms with E-state index in [0.717, 1.165) is 24.5 Å². The third kappa shape index (κ3) is 3.56. The highest BCUT2D eigenvalue weighted by Crippen LogP contribution is 2.11. The number of aromatic nitrogens is 3. The number of hydrogen-bond donors (Lipinski definition) is 1. The van der Waals surface area contributed by atoms with Gasteiger partial charge in [0, 0.05) is 32.0 Å². The average Bonchev–Trinajstić information content (AvgIpc) is 2.61. The predicted octanol–water partition coefficient (Wildman–Crippen LogP) is 0.638. The van der Waals surface area contributed by atoms with Crippen molar-refractivity contribution in [2.75, 3.05) is 31.2 Å². The molecule has 22 heavy (non-hydrogen) atoms. The first kappa shape index (κ1) is 14.4. The quantitative estimate of drug-likeness (QED) is 0.892. The van der Waals surface area contributed by atoms with E-state index in [-0.39, 0.29) is 5.91 Å². The van der Waals surface area contributed by atoms with Gasteiger partial charge in [0.15, 0.2) is 0 Å². The third-order valence-electron chi connectivity index (χ3n) is 3.38. The van der Waals surface area contributed by atoms with Crippen LogP contribution in [-0.4, -0.2) is 47.2 Å². The number of hydrogen-bond acceptors (Lipinski definition) is 6. The summed E-state index contributed by atoms with van der Waals surface area (Å²) in [6.07, 6.45) is 6.54. The molecule has 1 saturated heterocycles. The molecule has 1 fully saturated rings. The molecule has 114 valence electrons. The van der Waals surface area contributed by atoms with Crippen LogP contribution in [-0.2, 0) is 11.3 Å². The van der Waals surface area contributed by atoms with Gasteiger partial charge in [0.25, 0.3) is 5.91 Å². The van der Waals surface area contributed by atoms with Crippen molar-refractivity contribution in [3.8, 4) is 0 Å². The minimum absolute atomic E-state index is 0.245. The largest absolute Gasteiger partial charge is 0.378 e. The number of anilines is 1. The maximum atomic E-state index is 12.0. The zero-order chi connectivity index (χ0) is 15.2. The zero-order valence-electron chi connectivity index (χ0n) is 12.1. The highest BCUT2D eigenvalue weighted by molar-refractivity contribution is 5.91. The van der Waals surface area contributed by atoms with Gasteiger partial charge in [0.1, 0.15) is 11.5 Å². The Labute approximate surface area is 128 Å². The number of nitrogens with zero attached hydrogens (tertiary/aromatic N) is 4. The summed E-state index contributed by atoms with van der Waals surface area (Å²) in [5, 5.41) is 2.80. The highest BCUT2D eigenvalue weighted by atomic mass is 16.5. The molecular weight excluding hydrogens is 282 g/mol. The van der Waals surface area contributed by atoms with Crippen LogP contribution in [0.1, 0.15) is 16.1 Å². The van der Waals surface area contributed by atoms with Crippen molar-refractivity contribution in [3.63, 3.8) is 0 Å². The van der Waals surface area contributed by atoms with Crippen molar-refractivity contribution in [2.24, 2.45) is 0 Å². The lowest BCUT2D eigenvalue weighted by molar-refractivity contribution is 0.0945. The van der Waals surface area contributed by atoms with E-state index in [4.69, 9.17) is 4.74 Å².